The van der Waals surface area contributed by atoms with Crippen LogP contribution >= 0.6 is 0 Å². The highest BCUT2D eigenvalue weighted by Crippen LogP contribution is 2.17. The molecule has 1 fully saturated rings. The van der Waals surface area contributed by atoms with E-state index in [2.05, 4.69) is 20.6 Å². The second-order valence-corrected chi connectivity index (χ2v) is 6.02. The number of amides is 1. The number of rotatable bonds is 5. The van der Waals surface area contributed by atoms with Gasteiger partial charge in [0.2, 0.25) is 5.95 Å². The van der Waals surface area contributed by atoms with Crippen LogP contribution in [0.2, 0.25) is 0 Å². The smallest absolute Gasteiger partial charge is 0.253 e. The predicted molar refractivity (Wildman–Crippen MR) is 92.9 cm³/mol. The molecule has 0 bridgehead atoms. The van der Waals surface area contributed by atoms with Crippen LogP contribution in [0.1, 0.15) is 29.8 Å². The minimum Gasteiger partial charge on any atom is -0.368 e. The molecule has 1 aliphatic heterocycles. The van der Waals surface area contributed by atoms with Gasteiger partial charge in [-0.25, -0.2) is 9.97 Å². The van der Waals surface area contributed by atoms with Crippen LogP contribution in [0.4, 0.5) is 11.6 Å². The van der Waals surface area contributed by atoms with Crippen LogP contribution in [0.15, 0.2) is 30.3 Å². The highest BCUT2D eigenvalue weighted by Gasteiger charge is 2.23. The first-order valence-corrected chi connectivity index (χ1v) is 8.18. The van der Waals surface area contributed by atoms with Crippen molar-refractivity contribution in [2.75, 3.05) is 17.2 Å². The molecule has 1 unspecified atom stereocenters. The maximum absolute atomic E-state index is 12.1. The average Bonchev–Trinajstić information content (AvgIpc) is 3.07. The van der Waals surface area contributed by atoms with Crippen molar-refractivity contribution in [3.05, 3.63) is 47.3 Å². The maximum Gasteiger partial charge on any atom is 0.253 e. The number of aromatic nitrogens is 2. The Balaban J connectivity index is 1.61. The molecule has 1 aromatic carbocycles. The lowest BCUT2D eigenvalue weighted by molar-refractivity contribution is -0.124. The minimum absolute atomic E-state index is 0.0738. The van der Waals surface area contributed by atoms with E-state index in [4.69, 9.17) is 4.74 Å². The molecule has 0 saturated carbocycles. The zero-order valence-electron chi connectivity index (χ0n) is 14.0. The largest absolute Gasteiger partial charge is 0.368 e. The number of hydrogen-bond donors (Lipinski definition) is 2. The van der Waals surface area contributed by atoms with Crippen LogP contribution in [0.3, 0.4) is 0 Å². The molecule has 0 aliphatic carbocycles. The molecule has 6 nitrogen and oxygen atoms in total. The number of aryl methyl sites for hydroxylation is 2. The number of carbonyl (C=O) groups excluding carboxylic acids is 1. The van der Waals surface area contributed by atoms with Gasteiger partial charge in [0.25, 0.3) is 5.91 Å². The Hall–Kier alpha value is -2.47. The first-order chi connectivity index (χ1) is 11.6. The van der Waals surface area contributed by atoms with Gasteiger partial charge in [-0.3, -0.25) is 4.79 Å². The lowest BCUT2D eigenvalue weighted by Crippen LogP contribution is -2.26. The summed E-state index contributed by atoms with van der Waals surface area (Å²) in [5, 5.41) is 6.14. The van der Waals surface area contributed by atoms with Gasteiger partial charge < -0.3 is 15.4 Å². The Morgan fingerprint density at radius 2 is 2.04 bits per heavy atom. The van der Waals surface area contributed by atoms with E-state index < -0.39 is 0 Å². The van der Waals surface area contributed by atoms with Crippen molar-refractivity contribution >= 4 is 17.5 Å². The van der Waals surface area contributed by atoms with E-state index in [0.29, 0.717) is 19.1 Å². The Bertz CT molecular complexity index is 706. The number of hydrogen-bond acceptors (Lipinski definition) is 5. The zero-order valence-corrected chi connectivity index (χ0v) is 14.0. The minimum atomic E-state index is -0.324. The Morgan fingerprint density at radius 1 is 1.25 bits per heavy atom. The summed E-state index contributed by atoms with van der Waals surface area (Å²) in [6.45, 7) is 5.15. The number of benzene rings is 1. The summed E-state index contributed by atoms with van der Waals surface area (Å²) < 4.78 is 5.40. The van der Waals surface area contributed by atoms with Gasteiger partial charge in [-0.05, 0) is 50.5 Å². The summed E-state index contributed by atoms with van der Waals surface area (Å²) in [6.07, 6.45) is 1.41. The summed E-state index contributed by atoms with van der Waals surface area (Å²) in [5.74, 6) is 0.538. The van der Waals surface area contributed by atoms with Crippen molar-refractivity contribution in [1.29, 1.82) is 0 Å². The number of nitrogens with one attached hydrogen (secondary N) is 2. The fraction of sp³-hybridized carbons (Fsp3) is 0.389. The van der Waals surface area contributed by atoms with Gasteiger partial charge in [-0.2, -0.15) is 0 Å². The molecule has 3 rings (SSSR count). The molecule has 1 amide bonds. The second-order valence-electron chi connectivity index (χ2n) is 6.02. The molecular weight excluding hydrogens is 304 g/mol. The standard InChI is InChI=1S/C18H22N4O2/c1-12-9-13(2)21-18(20-12)19-11-14-5-3-6-15(10-14)22-17(23)16-7-4-8-24-16/h3,5-6,9-10,16H,4,7-8,11H2,1-2H3,(H,22,23)(H,19,20,21). The van der Waals surface area contributed by atoms with E-state index in [9.17, 15) is 4.79 Å². The first-order valence-electron chi connectivity index (χ1n) is 8.18. The van der Waals surface area contributed by atoms with Crippen molar-refractivity contribution in [2.45, 2.75) is 39.3 Å². The molecule has 1 atom stereocenters. The highest BCUT2D eigenvalue weighted by molar-refractivity contribution is 5.94. The van der Waals surface area contributed by atoms with Gasteiger partial charge in [0.1, 0.15) is 6.10 Å². The molecule has 2 heterocycles. The van der Waals surface area contributed by atoms with Crippen LogP contribution in [-0.4, -0.2) is 28.6 Å². The molecule has 2 N–H and O–H groups in total. The molecule has 1 saturated heterocycles. The van der Waals surface area contributed by atoms with Gasteiger partial charge in [-0.1, -0.05) is 12.1 Å². The predicted octanol–water partition coefficient (Wildman–Crippen LogP) is 2.82. The fourth-order valence-electron chi connectivity index (χ4n) is 2.75. The van der Waals surface area contributed by atoms with Crippen LogP contribution < -0.4 is 10.6 Å². The van der Waals surface area contributed by atoms with Crippen molar-refractivity contribution in [3.63, 3.8) is 0 Å². The van der Waals surface area contributed by atoms with Crippen molar-refractivity contribution < 1.29 is 9.53 Å². The normalized spacial score (nSPS) is 16.8. The van der Waals surface area contributed by atoms with Crippen molar-refractivity contribution in [2.24, 2.45) is 0 Å². The number of ether oxygens (including phenoxy) is 1. The Labute approximate surface area is 141 Å². The SMILES string of the molecule is Cc1cc(C)nc(NCc2cccc(NC(=O)C3CCCO3)c2)n1. The van der Waals surface area contributed by atoms with Crippen LogP contribution in [0, 0.1) is 13.8 Å². The molecular formula is C18H22N4O2. The molecule has 24 heavy (non-hydrogen) atoms. The highest BCUT2D eigenvalue weighted by atomic mass is 16.5. The van der Waals surface area contributed by atoms with Gasteiger partial charge in [0, 0.05) is 30.2 Å². The monoisotopic (exact) mass is 326 g/mol. The molecule has 1 aliphatic rings. The molecule has 2 aromatic rings. The molecule has 0 spiro atoms. The van der Waals surface area contributed by atoms with Crippen molar-refractivity contribution in [3.8, 4) is 0 Å². The van der Waals surface area contributed by atoms with Crippen LogP contribution in [-0.2, 0) is 16.1 Å². The summed E-state index contributed by atoms with van der Waals surface area (Å²) in [4.78, 5) is 20.8. The lowest BCUT2D eigenvalue weighted by atomic mass is 10.2. The number of nitrogens with zero attached hydrogens (tertiary/aromatic N) is 2. The molecule has 126 valence electrons. The third-order valence-electron chi connectivity index (χ3n) is 3.85. The molecule has 1 aromatic heterocycles. The summed E-state index contributed by atoms with van der Waals surface area (Å²) in [6, 6.07) is 9.68. The van der Waals surface area contributed by atoms with E-state index in [1.54, 1.807) is 0 Å². The van der Waals surface area contributed by atoms with Gasteiger partial charge in [-0.15, -0.1) is 0 Å². The van der Waals surface area contributed by atoms with Crippen molar-refractivity contribution in [1.82, 2.24) is 9.97 Å². The van der Waals surface area contributed by atoms with Crippen LogP contribution in [0.5, 0.6) is 0 Å². The maximum atomic E-state index is 12.1. The zero-order chi connectivity index (χ0) is 16.9. The Morgan fingerprint density at radius 3 is 2.75 bits per heavy atom. The van der Waals surface area contributed by atoms with Crippen LogP contribution in [0.25, 0.3) is 0 Å². The van der Waals surface area contributed by atoms with E-state index >= 15 is 0 Å². The Kier molecular flexibility index (Phi) is 5.05. The van der Waals surface area contributed by atoms with E-state index in [-0.39, 0.29) is 12.0 Å². The third kappa shape index (κ3) is 4.29. The summed E-state index contributed by atoms with van der Waals surface area (Å²) >= 11 is 0. The number of carbonyl (C=O) groups is 1. The third-order valence-corrected chi connectivity index (χ3v) is 3.85. The summed E-state index contributed by atoms with van der Waals surface area (Å²) in [5.41, 5.74) is 3.68. The van der Waals surface area contributed by atoms with Gasteiger partial charge >= 0.3 is 0 Å². The average molecular weight is 326 g/mol. The van der Waals surface area contributed by atoms with E-state index in [1.807, 2.05) is 44.2 Å². The number of anilines is 2. The topological polar surface area (TPSA) is 76.1 Å². The summed E-state index contributed by atoms with van der Waals surface area (Å²) in [7, 11) is 0. The molecule has 6 heteroatoms. The van der Waals surface area contributed by atoms with Gasteiger partial charge in [0.05, 0.1) is 0 Å². The molecule has 0 radical (unpaired) electrons. The van der Waals surface area contributed by atoms with E-state index in [1.165, 1.54) is 0 Å². The van der Waals surface area contributed by atoms with E-state index in [0.717, 1.165) is 35.5 Å². The first kappa shape index (κ1) is 16.4. The lowest BCUT2D eigenvalue weighted by Gasteiger charge is -2.12. The second kappa shape index (κ2) is 7.40. The quantitative estimate of drug-likeness (QED) is 0.883. The van der Waals surface area contributed by atoms with Gasteiger partial charge in [0.15, 0.2) is 0 Å². The fourth-order valence-corrected chi connectivity index (χ4v) is 2.75.